The predicted octanol–water partition coefficient (Wildman–Crippen LogP) is 1.20. The molecule has 3 heterocycles. The third kappa shape index (κ3) is 4.34. The van der Waals surface area contributed by atoms with Crippen molar-refractivity contribution in [1.29, 1.82) is 0 Å². The summed E-state index contributed by atoms with van der Waals surface area (Å²) in [5.74, 6) is -0.103. The number of thioether (sulfide) groups is 1. The number of amides is 1. The quantitative estimate of drug-likeness (QED) is 0.225. The van der Waals surface area contributed by atoms with Crippen molar-refractivity contribution in [3.05, 3.63) is 53.6 Å². The Morgan fingerprint density at radius 1 is 1.25 bits per heavy atom. The molecular weight excluding hydrogens is 434 g/mol. The number of benzene rings is 1. The number of hydrogen-bond acceptors (Lipinski definition) is 11. The maximum atomic E-state index is 12.9. The van der Waals surface area contributed by atoms with Gasteiger partial charge in [-0.2, -0.15) is 9.78 Å². The third-order valence-corrected chi connectivity index (χ3v) is 5.46. The van der Waals surface area contributed by atoms with E-state index in [-0.39, 0.29) is 23.1 Å². The lowest BCUT2D eigenvalue weighted by Gasteiger charge is -2.06. The van der Waals surface area contributed by atoms with E-state index in [1.54, 1.807) is 10.9 Å². The van der Waals surface area contributed by atoms with Crippen LogP contribution < -0.4 is 11.2 Å². The van der Waals surface area contributed by atoms with Crippen molar-refractivity contribution in [2.24, 2.45) is 12.1 Å². The van der Waals surface area contributed by atoms with Gasteiger partial charge in [0.05, 0.1) is 11.4 Å². The molecular formula is C18H19N11O2S. The second-order valence-corrected chi connectivity index (χ2v) is 7.44. The maximum Gasteiger partial charge on any atom is 0.293 e. The van der Waals surface area contributed by atoms with Crippen LogP contribution in [0.1, 0.15) is 35.1 Å². The smallest absolute Gasteiger partial charge is 0.293 e. The number of nitrogens with one attached hydrogen (secondary N) is 1. The third-order valence-electron chi connectivity index (χ3n) is 4.42. The summed E-state index contributed by atoms with van der Waals surface area (Å²) in [5.41, 5.74) is 10.5. The summed E-state index contributed by atoms with van der Waals surface area (Å²) in [4.78, 5) is 12.9. The number of anilines is 1. The minimum atomic E-state index is -0.526. The van der Waals surface area contributed by atoms with E-state index in [9.17, 15) is 4.79 Å². The van der Waals surface area contributed by atoms with Crippen molar-refractivity contribution in [3.63, 3.8) is 0 Å². The van der Waals surface area contributed by atoms with Crippen LogP contribution >= 0.6 is 11.8 Å². The average molecular weight is 453 g/mol. The lowest BCUT2D eigenvalue weighted by Crippen LogP contribution is -2.22. The van der Waals surface area contributed by atoms with Gasteiger partial charge in [0.2, 0.25) is 11.6 Å². The van der Waals surface area contributed by atoms with Crippen molar-refractivity contribution in [3.8, 4) is 5.82 Å². The summed E-state index contributed by atoms with van der Waals surface area (Å²) >= 11 is 1.34. The Bertz CT molecular complexity index is 1240. The van der Waals surface area contributed by atoms with Crippen molar-refractivity contribution < 1.29 is 9.42 Å². The van der Waals surface area contributed by atoms with Crippen LogP contribution in [0.4, 0.5) is 5.82 Å². The molecule has 164 valence electrons. The second kappa shape index (κ2) is 9.38. The molecule has 0 atom stereocenters. The van der Waals surface area contributed by atoms with Gasteiger partial charge in [0, 0.05) is 12.8 Å². The van der Waals surface area contributed by atoms with E-state index in [1.165, 1.54) is 16.4 Å². The summed E-state index contributed by atoms with van der Waals surface area (Å²) in [6, 6.07) is 9.58. The van der Waals surface area contributed by atoms with E-state index in [4.69, 9.17) is 5.73 Å². The summed E-state index contributed by atoms with van der Waals surface area (Å²) in [7, 11) is 1.82. The monoisotopic (exact) mass is 453 g/mol. The van der Waals surface area contributed by atoms with Crippen LogP contribution in [-0.2, 0) is 12.8 Å². The Balaban J connectivity index is 1.63. The molecule has 0 aliphatic rings. The summed E-state index contributed by atoms with van der Waals surface area (Å²) in [5, 5.41) is 28.2. The zero-order valence-electron chi connectivity index (χ0n) is 17.2. The zero-order valence-corrected chi connectivity index (χ0v) is 18.0. The van der Waals surface area contributed by atoms with Crippen molar-refractivity contribution in [2.45, 2.75) is 24.3 Å². The molecule has 3 aromatic heterocycles. The molecule has 0 saturated carbocycles. The Morgan fingerprint density at radius 3 is 2.72 bits per heavy atom. The molecule has 0 spiro atoms. The Hall–Kier alpha value is -4.07. The van der Waals surface area contributed by atoms with Gasteiger partial charge in [-0.1, -0.05) is 54.2 Å². The largest absolute Gasteiger partial charge is 0.378 e. The fraction of sp³-hybridized carbons (Fsp3) is 0.222. The number of aromatic nitrogens is 8. The Morgan fingerprint density at radius 2 is 2.06 bits per heavy atom. The molecule has 0 bridgehead atoms. The van der Waals surface area contributed by atoms with Crippen LogP contribution in [0.25, 0.3) is 5.82 Å². The van der Waals surface area contributed by atoms with Gasteiger partial charge in [-0.15, -0.1) is 15.3 Å². The van der Waals surface area contributed by atoms with Gasteiger partial charge in [0.25, 0.3) is 5.91 Å². The van der Waals surface area contributed by atoms with Crippen molar-refractivity contribution in [1.82, 2.24) is 45.5 Å². The highest BCUT2D eigenvalue weighted by molar-refractivity contribution is 7.98. The number of hydrogen-bond donors (Lipinski definition) is 2. The second-order valence-electron chi connectivity index (χ2n) is 6.50. The molecule has 14 heteroatoms. The van der Waals surface area contributed by atoms with E-state index < -0.39 is 5.91 Å². The standard InChI is InChI=1S/C18H19N11O2S/c1-3-12(11-7-5-4-6-8-11)21-23-17(30)14-13(9-32-18-24-20-10-28(18)2)29(27-22-14)16-15(19)25-31-26-16/h4-8,10H,3,9H2,1-2H3,(H2,19,25)(H,23,30)/b21-12-. The Labute approximate surface area is 186 Å². The topological polar surface area (TPSA) is 168 Å². The van der Waals surface area contributed by atoms with Crippen LogP contribution in [-0.4, -0.2) is 51.7 Å². The summed E-state index contributed by atoms with van der Waals surface area (Å²) in [6.45, 7) is 1.96. The van der Waals surface area contributed by atoms with E-state index in [2.05, 4.69) is 46.0 Å². The van der Waals surface area contributed by atoms with Gasteiger partial charge < -0.3 is 10.3 Å². The molecule has 0 radical (unpaired) electrons. The fourth-order valence-corrected chi connectivity index (χ4v) is 3.68. The minimum Gasteiger partial charge on any atom is -0.378 e. The predicted molar refractivity (Wildman–Crippen MR) is 115 cm³/mol. The lowest BCUT2D eigenvalue weighted by molar-refractivity contribution is 0.0949. The first-order valence-corrected chi connectivity index (χ1v) is 10.5. The molecule has 1 aromatic carbocycles. The highest BCUT2D eigenvalue weighted by Crippen LogP contribution is 2.24. The van der Waals surface area contributed by atoms with Gasteiger partial charge >= 0.3 is 0 Å². The molecule has 3 N–H and O–H groups in total. The number of hydrazone groups is 1. The van der Waals surface area contributed by atoms with E-state index in [1.807, 2.05) is 44.3 Å². The highest BCUT2D eigenvalue weighted by atomic mass is 32.2. The van der Waals surface area contributed by atoms with E-state index >= 15 is 0 Å². The van der Waals surface area contributed by atoms with Crippen LogP contribution in [0.3, 0.4) is 0 Å². The summed E-state index contributed by atoms with van der Waals surface area (Å²) in [6.07, 6.45) is 2.21. The normalized spacial score (nSPS) is 11.6. The molecule has 0 aliphatic heterocycles. The first-order valence-electron chi connectivity index (χ1n) is 9.50. The van der Waals surface area contributed by atoms with Crippen LogP contribution in [0.2, 0.25) is 0 Å². The van der Waals surface area contributed by atoms with Gasteiger partial charge in [0.1, 0.15) is 6.33 Å². The van der Waals surface area contributed by atoms with Gasteiger partial charge in [-0.3, -0.25) is 4.79 Å². The maximum absolute atomic E-state index is 12.9. The van der Waals surface area contributed by atoms with E-state index in [0.29, 0.717) is 17.3 Å². The number of rotatable bonds is 8. The Kier molecular flexibility index (Phi) is 6.21. The van der Waals surface area contributed by atoms with E-state index in [0.717, 1.165) is 11.3 Å². The first kappa shape index (κ1) is 21.2. The molecule has 32 heavy (non-hydrogen) atoms. The SMILES string of the molecule is CC/C(=N/NC(=O)c1nnn(-c2nonc2N)c1CSc1nncn1C)c1ccccc1. The van der Waals surface area contributed by atoms with Crippen LogP contribution in [0.15, 0.2) is 51.5 Å². The minimum absolute atomic E-state index is 0.0159. The number of nitrogen functional groups attached to an aromatic ring is 1. The zero-order chi connectivity index (χ0) is 22.5. The van der Waals surface area contributed by atoms with Crippen LogP contribution in [0, 0.1) is 0 Å². The molecule has 4 rings (SSSR count). The van der Waals surface area contributed by atoms with Crippen molar-refractivity contribution in [2.75, 3.05) is 5.73 Å². The van der Waals surface area contributed by atoms with Gasteiger partial charge in [0.15, 0.2) is 10.9 Å². The molecule has 0 saturated heterocycles. The van der Waals surface area contributed by atoms with Gasteiger partial charge in [-0.25, -0.2) is 10.1 Å². The molecule has 4 aromatic rings. The molecule has 0 unspecified atom stereocenters. The van der Waals surface area contributed by atoms with Crippen LogP contribution in [0.5, 0.6) is 0 Å². The number of nitrogens with zero attached hydrogens (tertiary/aromatic N) is 9. The molecule has 0 fully saturated rings. The lowest BCUT2D eigenvalue weighted by atomic mass is 10.1. The number of nitrogens with two attached hydrogens (primary N) is 1. The van der Waals surface area contributed by atoms with Crippen molar-refractivity contribution >= 4 is 29.2 Å². The van der Waals surface area contributed by atoms with Gasteiger partial charge in [-0.05, 0) is 22.3 Å². The average Bonchev–Trinajstić information content (AvgIpc) is 3.53. The highest BCUT2D eigenvalue weighted by Gasteiger charge is 2.24. The molecule has 1 amide bonds. The number of carbonyl (C=O) groups is 1. The number of carbonyl (C=O) groups excluding carboxylic acids is 1. The molecule has 13 nitrogen and oxygen atoms in total. The number of aryl methyl sites for hydroxylation is 1. The molecule has 0 aliphatic carbocycles. The fourth-order valence-electron chi connectivity index (χ4n) is 2.80. The first-order chi connectivity index (χ1) is 15.6. The summed E-state index contributed by atoms with van der Waals surface area (Å²) < 4.78 is 7.73.